The molecule has 0 N–H and O–H groups in total. The standard InChI is InChI=1S/C19H18FN5O3/c1-11-12(2)21-10-24(18(11)27)9-17(26)23-6-5-15-14(8-23)19(28)25-7-13(20)3-4-16(25)22-15/h3-4,7,10H,5-6,8-9H2,1-2H3. The summed E-state index contributed by atoms with van der Waals surface area (Å²) in [4.78, 5) is 47.8. The molecule has 0 saturated carbocycles. The van der Waals surface area contributed by atoms with Gasteiger partial charge < -0.3 is 4.90 Å². The number of fused-ring (bicyclic) bond motifs is 2. The summed E-state index contributed by atoms with van der Waals surface area (Å²) in [6.07, 6.45) is 2.86. The molecule has 0 unspecified atom stereocenters. The Bertz CT molecular complexity index is 1230. The van der Waals surface area contributed by atoms with Crippen LogP contribution in [0.25, 0.3) is 5.65 Å². The first-order chi connectivity index (χ1) is 13.3. The fourth-order valence-electron chi connectivity index (χ4n) is 3.32. The van der Waals surface area contributed by atoms with Crippen molar-refractivity contribution in [3.8, 4) is 0 Å². The molecule has 0 fully saturated rings. The highest BCUT2D eigenvalue weighted by molar-refractivity contribution is 5.76. The summed E-state index contributed by atoms with van der Waals surface area (Å²) in [5, 5.41) is 0. The van der Waals surface area contributed by atoms with E-state index in [1.54, 1.807) is 13.8 Å². The van der Waals surface area contributed by atoms with Gasteiger partial charge in [0.05, 0.1) is 24.1 Å². The average Bonchev–Trinajstić information content (AvgIpc) is 2.69. The van der Waals surface area contributed by atoms with Crippen molar-refractivity contribution in [3.63, 3.8) is 0 Å². The van der Waals surface area contributed by atoms with Crippen LogP contribution in [0.3, 0.4) is 0 Å². The number of aryl methyl sites for hydroxylation is 1. The minimum absolute atomic E-state index is 0.0759. The minimum Gasteiger partial charge on any atom is -0.336 e. The van der Waals surface area contributed by atoms with E-state index in [0.29, 0.717) is 41.1 Å². The molecule has 1 amide bonds. The van der Waals surface area contributed by atoms with E-state index in [1.165, 1.54) is 27.9 Å². The van der Waals surface area contributed by atoms with Gasteiger partial charge in [0, 0.05) is 30.4 Å². The van der Waals surface area contributed by atoms with Crippen molar-refractivity contribution < 1.29 is 9.18 Å². The molecule has 0 spiro atoms. The van der Waals surface area contributed by atoms with Crippen molar-refractivity contribution in [1.82, 2.24) is 23.8 Å². The van der Waals surface area contributed by atoms with Gasteiger partial charge in [-0.05, 0) is 26.0 Å². The van der Waals surface area contributed by atoms with E-state index in [-0.39, 0.29) is 30.1 Å². The number of carbonyl (C=O) groups is 1. The van der Waals surface area contributed by atoms with Crippen LogP contribution < -0.4 is 11.1 Å². The lowest BCUT2D eigenvalue weighted by molar-refractivity contribution is -0.132. The summed E-state index contributed by atoms with van der Waals surface area (Å²) >= 11 is 0. The van der Waals surface area contributed by atoms with Crippen molar-refractivity contribution in [1.29, 1.82) is 0 Å². The number of carbonyl (C=O) groups excluding carboxylic acids is 1. The Morgan fingerprint density at radius 3 is 2.79 bits per heavy atom. The fraction of sp³-hybridized carbons (Fsp3) is 0.316. The molecule has 0 atom stereocenters. The Hall–Kier alpha value is -3.36. The van der Waals surface area contributed by atoms with Gasteiger partial charge in [0.15, 0.2) is 0 Å². The van der Waals surface area contributed by atoms with Crippen LogP contribution in [0.5, 0.6) is 0 Å². The molecule has 1 aliphatic heterocycles. The van der Waals surface area contributed by atoms with E-state index in [9.17, 15) is 18.8 Å². The van der Waals surface area contributed by atoms with Crippen LogP contribution in [-0.2, 0) is 24.3 Å². The Morgan fingerprint density at radius 2 is 2.00 bits per heavy atom. The van der Waals surface area contributed by atoms with Gasteiger partial charge in [-0.15, -0.1) is 0 Å². The van der Waals surface area contributed by atoms with Gasteiger partial charge in [0.1, 0.15) is 18.0 Å². The first kappa shape index (κ1) is 18.0. The largest absolute Gasteiger partial charge is 0.336 e. The van der Waals surface area contributed by atoms with Gasteiger partial charge >= 0.3 is 0 Å². The predicted molar refractivity (Wildman–Crippen MR) is 98.5 cm³/mol. The number of nitrogens with zero attached hydrogens (tertiary/aromatic N) is 5. The monoisotopic (exact) mass is 383 g/mol. The molecule has 0 saturated heterocycles. The highest BCUT2D eigenvalue weighted by Crippen LogP contribution is 2.16. The first-order valence-electron chi connectivity index (χ1n) is 8.85. The molecule has 3 aromatic heterocycles. The average molecular weight is 383 g/mol. The normalized spacial score (nSPS) is 13.6. The second kappa shape index (κ2) is 6.66. The minimum atomic E-state index is -0.540. The molecule has 4 rings (SSSR count). The number of rotatable bonds is 2. The van der Waals surface area contributed by atoms with Crippen molar-refractivity contribution in [3.05, 3.63) is 73.7 Å². The Morgan fingerprint density at radius 1 is 1.21 bits per heavy atom. The van der Waals surface area contributed by atoms with Gasteiger partial charge in [-0.1, -0.05) is 0 Å². The van der Waals surface area contributed by atoms with Gasteiger partial charge in [-0.3, -0.25) is 23.4 Å². The van der Waals surface area contributed by atoms with Crippen LogP contribution in [0.4, 0.5) is 4.39 Å². The molecule has 9 heteroatoms. The van der Waals surface area contributed by atoms with Crippen molar-refractivity contribution >= 4 is 11.6 Å². The zero-order valence-electron chi connectivity index (χ0n) is 15.5. The lowest BCUT2D eigenvalue weighted by Gasteiger charge is -2.28. The van der Waals surface area contributed by atoms with Crippen molar-refractivity contribution in [2.45, 2.75) is 33.4 Å². The lowest BCUT2D eigenvalue weighted by Crippen LogP contribution is -2.42. The lowest BCUT2D eigenvalue weighted by atomic mass is 10.1. The molecule has 4 heterocycles. The molecule has 0 aliphatic carbocycles. The third kappa shape index (κ3) is 2.98. The van der Waals surface area contributed by atoms with Gasteiger partial charge in [0.25, 0.3) is 11.1 Å². The van der Waals surface area contributed by atoms with Crippen LogP contribution in [-0.4, -0.2) is 36.3 Å². The molecule has 3 aromatic rings. The Labute approximate surface area is 158 Å². The maximum Gasteiger partial charge on any atom is 0.263 e. The quantitative estimate of drug-likeness (QED) is 0.646. The van der Waals surface area contributed by atoms with E-state index in [1.807, 2.05) is 0 Å². The number of pyridine rings is 1. The molecule has 1 aliphatic rings. The van der Waals surface area contributed by atoms with E-state index in [0.717, 1.165) is 10.6 Å². The SMILES string of the molecule is Cc1ncn(CC(=O)N2CCc3nc4ccc(F)cn4c(=O)c3C2)c(=O)c1C. The summed E-state index contributed by atoms with van der Waals surface area (Å²) in [5.74, 6) is -0.830. The molecule has 144 valence electrons. The summed E-state index contributed by atoms with van der Waals surface area (Å²) in [5.41, 5.74) is 1.83. The highest BCUT2D eigenvalue weighted by atomic mass is 19.1. The Kier molecular flexibility index (Phi) is 4.29. The van der Waals surface area contributed by atoms with E-state index in [4.69, 9.17) is 0 Å². The van der Waals surface area contributed by atoms with Crippen LogP contribution in [0.15, 0.2) is 34.2 Å². The number of hydrogen-bond acceptors (Lipinski definition) is 5. The topological polar surface area (TPSA) is 89.6 Å². The number of halogens is 1. The fourth-order valence-corrected chi connectivity index (χ4v) is 3.32. The van der Waals surface area contributed by atoms with Crippen LogP contribution in [0.2, 0.25) is 0 Å². The highest BCUT2D eigenvalue weighted by Gasteiger charge is 2.25. The van der Waals surface area contributed by atoms with Crippen molar-refractivity contribution in [2.75, 3.05) is 6.54 Å². The van der Waals surface area contributed by atoms with Gasteiger partial charge in [-0.25, -0.2) is 14.4 Å². The van der Waals surface area contributed by atoms with Crippen LogP contribution in [0, 0.1) is 19.7 Å². The third-order valence-corrected chi connectivity index (χ3v) is 5.11. The summed E-state index contributed by atoms with van der Waals surface area (Å²) < 4.78 is 15.9. The zero-order valence-corrected chi connectivity index (χ0v) is 15.5. The second-order valence-corrected chi connectivity index (χ2v) is 6.87. The van der Waals surface area contributed by atoms with Gasteiger partial charge in [0.2, 0.25) is 5.91 Å². The zero-order chi connectivity index (χ0) is 20.0. The molecule has 0 aromatic carbocycles. The molecular weight excluding hydrogens is 365 g/mol. The predicted octanol–water partition coefficient (Wildman–Crippen LogP) is 0.592. The summed E-state index contributed by atoms with van der Waals surface area (Å²) in [6.45, 7) is 3.71. The smallest absolute Gasteiger partial charge is 0.263 e. The number of amides is 1. The molecule has 0 bridgehead atoms. The first-order valence-corrected chi connectivity index (χ1v) is 8.85. The Balaban J connectivity index is 1.63. The van der Waals surface area contributed by atoms with E-state index in [2.05, 4.69) is 9.97 Å². The third-order valence-electron chi connectivity index (χ3n) is 5.11. The molecule has 8 nitrogen and oxygen atoms in total. The maximum atomic E-state index is 13.5. The summed E-state index contributed by atoms with van der Waals surface area (Å²) in [6, 6.07) is 2.70. The van der Waals surface area contributed by atoms with E-state index >= 15 is 0 Å². The van der Waals surface area contributed by atoms with E-state index < -0.39 is 5.82 Å². The second-order valence-electron chi connectivity index (χ2n) is 6.87. The van der Waals surface area contributed by atoms with Crippen LogP contribution >= 0.6 is 0 Å². The number of aromatic nitrogens is 4. The maximum absolute atomic E-state index is 13.5. The molecule has 0 radical (unpaired) electrons. The number of hydrogen-bond donors (Lipinski definition) is 0. The summed E-state index contributed by atoms with van der Waals surface area (Å²) in [7, 11) is 0. The molecular formula is C19H18FN5O3. The molecule has 28 heavy (non-hydrogen) atoms. The van der Waals surface area contributed by atoms with Gasteiger partial charge in [-0.2, -0.15) is 0 Å². The van der Waals surface area contributed by atoms with Crippen molar-refractivity contribution in [2.24, 2.45) is 0 Å². The van der Waals surface area contributed by atoms with Crippen LogP contribution in [0.1, 0.15) is 22.5 Å².